The van der Waals surface area contributed by atoms with Crippen LogP contribution in [0.3, 0.4) is 0 Å². The summed E-state index contributed by atoms with van der Waals surface area (Å²) >= 11 is 0. The van der Waals surface area contributed by atoms with Crippen molar-refractivity contribution in [2.24, 2.45) is 0 Å². The Balaban J connectivity index is 2.03. The van der Waals surface area contributed by atoms with Gasteiger partial charge in [0.1, 0.15) is 0 Å². The summed E-state index contributed by atoms with van der Waals surface area (Å²) in [7, 11) is 6.04. The van der Waals surface area contributed by atoms with Gasteiger partial charge >= 0.3 is 0 Å². The average molecular weight is 213 g/mol. The number of nitrogens with zero attached hydrogens (tertiary/aromatic N) is 2. The normalized spacial score (nSPS) is 21.7. The number of unbranched alkanes of at least 4 members (excludes halogenated alkanes) is 1. The van der Waals surface area contributed by atoms with E-state index in [9.17, 15) is 4.79 Å². The standard InChI is InChI=1S/C11H23N3O/c1-13(2)8-5-4-7-12-10-6-9-14(3)11(10)15/h10,12H,4-9H2,1-3H3. The first kappa shape index (κ1) is 12.5. The average Bonchev–Trinajstić information content (AvgIpc) is 2.48. The molecule has 88 valence electrons. The summed E-state index contributed by atoms with van der Waals surface area (Å²) in [6, 6.07) is 0.0781. The van der Waals surface area contributed by atoms with Crippen molar-refractivity contribution < 1.29 is 4.79 Å². The molecule has 1 amide bonds. The van der Waals surface area contributed by atoms with E-state index in [1.165, 1.54) is 6.42 Å². The van der Waals surface area contributed by atoms with Crippen LogP contribution >= 0.6 is 0 Å². The molecule has 15 heavy (non-hydrogen) atoms. The van der Waals surface area contributed by atoms with Crippen molar-refractivity contribution in [1.82, 2.24) is 15.1 Å². The summed E-state index contributed by atoms with van der Waals surface area (Å²) in [5.74, 6) is 0.252. The molecule has 0 bridgehead atoms. The highest BCUT2D eigenvalue weighted by atomic mass is 16.2. The van der Waals surface area contributed by atoms with E-state index in [0.717, 1.165) is 32.5 Å². The number of hydrogen-bond donors (Lipinski definition) is 1. The van der Waals surface area contributed by atoms with E-state index in [1.54, 1.807) is 4.90 Å². The molecule has 0 aliphatic carbocycles. The van der Waals surface area contributed by atoms with E-state index < -0.39 is 0 Å². The van der Waals surface area contributed by atoms with Gasteiger partial charge in [-0.1, -0.05) is 0 Å². The number of likely N-dealkylation sites (tertiary alicyclic amines) is 1. The molecule has 4 nitrogen and oxygen atoms in total. The van der Waals surface area contributed by atoms with Gasteiger partial charge in [0.15, 0.2) is 0 Å². The van der Waals surface area contributed by atoms with Gasteiger partial charge in [0.25, 0.3) is 0 Å². The minimum atomic E-state index is 0.0781. The molecule has 4 heteroatoms. The predicted octanol–water partition coefficient (Wildman–Crippen LogP) is 0.149. The topological polar surface area (TPSA) is 35.6 Å². The Hall–Kier alpha value is -0.610. The molecule has 1 heterocycles. The molecule has 0 saturated carbocycles. The number of hydrogen-bond acceptors (Lipinski definition) is 3. The van der Waals surface area contributed by atoms with Gasteiger partial charge in [-0.25, -0.2) is 0 Å². The Morgan fingerprint density at radius 1 is 1.47 bits per heavy atom. The second kappa shape index (κ2) is 6.08. The van der Waals surface area contributed by atoms with Crippen molar-refractivity contribution in [2.45, 2.75) is 25.3 Å². The van der Waals surface area contributed by atoms with Crippen LogP contribution in [0.2, 0.25) is 0 Å². The van der Waals surface area contributed by atoms with Crippen molar-refractivity contribution in [3.63, 3.8) is 0 Å². The number of nitrogens with one attached hydrogen (secondary N) is 1. The lowest BCUT2D eigenvalue weighted by atomic mass is 10.2. The van der Waals surface area contributed by atoms with Gasteiger partial charge in [0.05, 0.1) is 6.04 Å². The van der Waals surface area contributed by atoms with Crippen LogP contribution in [0.1, 0.15) is 19.3 Å². The van der Waals surface area contributed by atoms with Crippen molar-refractivity contribution in [3.8, 4) is 0 Å². The first-order valence-electron chi connectivity index (χ1n) is 5.74. The lowest BCUT2D eigenvalue weighted by Crippen LogP contribution is -2.37. The third-order valence-corrected chi connectivity index (χ3v) is 2.85. The highest BCUT2D eigenvalue weighted by Gasteiger charge is 2.27. The molecule has 1 unspecified atom stereocenters. The van der Waals surface area contributed by atoms with Crippen LogP contribution in [0.25, 0.3) is 0 Å². The van der Waals surface area contributed by atoms with Crippen molar-refractivity contribution in [3.05, 3.63) is 0 Å². The number of carbonyl (C=O) groups excluding carboxylic acids is 1. The van der Waals surface area contributed by atoms with Crippen LogP contribution < -0.4 is 5.32 Å². The maximum absolute atomic E-state index is 11.5. The van der Waals surface area contributed by atoms with Crippen LogP contribution in [-0.2, 0) is 4.79 Å². The second-order valence-electron chi connectivity index (χ2n) is 4.57. The molecule has 1 N–H and O–H groups in total. The van der Waals surface area contributed by atoms with E-state index in [2.05, 4.69) is 24.3 Å². The lowest BCUT2D eigenvalue weighted by Gasteiger charge is -2.13. The van der Waals surface area contributed by atoms with Gasteiger partial charge in [-0.15, -0.1) is 0 Å². The number of amides is 1. The van der Waals surface area contributed by atoms with Gasteiger partial charge in [-0.3, -0.25) is 4.79 Å². The van der Waals surface area contributed by atoms with Crippen LogP contribution in [0.4, 0.5) is 0 Å². The van der Waals surface area contributed by atoms with Crippen LogP contribution in [-0.4, -0.2) is 62.5 Å². The van der Waals surface area contributed by atoms with E-state index in [0.29, 0.717) is 0 Å². The van der Waals surface area contributed by atoms with E-state index in [-0.39, 0.29) is 11.9 Å². The zero-order valence-electron chi connectivity index (χ0n) is 10.1. The Morgan fingerprint density at radius 3 is 2.73 bits per heavy atom. The highest BCUT2D eigenvalue weighted by Crippen LogP contribution is 2.08. The summed E-state index contributed by atoms with van der Waals surface area (Å²) in [4.78, 5) is 15.5. The largest absolute Gasteiger partial charge is 0.344 e. The summed E-state index contributed by atoms with van der Waals surface area (Å²) in [5, 5.41) is 3.33. The molecule has 0 spiro atoms. The molecule has 1 aliphatic heterocycles. The molecule has 0 radical (unpaired) electrons. The maximum Gasteiger partial charge on any atom is 0.239 e. The fourth-order valence-electron chi connectivity index (χ4n) is 1.84. The van der Waals surface area contributed by atoms with Gasteiger partial charge < -0.3 is 15.1 Å². The molecule has 1 aliphatic rings. The summed E-state index contributed by atoms with van der Waals surface area (Å²) in [6.45, 7) is 2.98. The summed E-state index contributed by atoms with van der Waals surface area (Å²) in [5.41, 5.74) is 0. The van der Waals surface area contributed by atoms with Crippen LogP contribution in [0, 0.1) is 0 Å². The molecule has 1 fully saturated rings. The lowest BCUT2D eigenvalue weighted by molar-refractivity contribution is -0.128. The van der Waals surface area contributed by atoms with Crippen molar-refractivity contribution >= 4 is 5.91 Å². The van der Waals surface area contributed by atoms with Gasteiger partial charge in [-0.05, 0) is 46.4 Å². The fraction of sp³-hybridized carbons (Fsp3) is 0.909. The number of carbonyl (C=O) groups is 1. The highest BCUT2D eigenvalue weighted by molar-refractivity contribution is 5.83. The fourth-order valence-corrected chi connectivity index (χ4v) is 1.84. The SMILES string of the molecule is CN(C)CCCCNC1CCN(C)C1=O. The first-order valence-corrected chi connectivity index (χ1v) is 5.74. The molecule has 0 aromatic rings. The minimum Gasteiger partial charge on any atom is -0.344 e. The Labute approximate surface area is 92.6 Å². The van der Waals surface area contributed by atoms with Gasteiger partial charge in [0, 0.05) is 13.6 Å². The molecule has 1 saturated heterocycles. The quantitative estimate of drug-likeness (QED) is 0.638. The zero-order chi connectivity index (χ0) is 11.3. The van der Waals surface area contributed by atoms with Crippen LogP contribution in [0.5, 0.6) is 0 Å². The van der Waals surface area contributed by atoms with E-state index >= 15 is 0 Å². The van der Waals surface area contributed by atoms with E-state index in [4.69, 9.17) is 0 Å². The third-order valence-electron chi connectivity index (χ3n) is 2.85. The third kappa shape index (κ3) is 4.18. The molecule has 1 atom stereocenters. The van der Waals surface area contributed by atoms with Crippen molar-refractivity contribution in [2.75, 3.05) is 40.8 Å². The summed E-state index contributed by atoms with van der Waals surface area (Å²) < 4.78 is 0. The minimum absolute atomic E-state index is 0.0781. The number of likely N-dealkylation sites (N-methyl/N-ethyl adjacent to an activating group) is 1. The van der Waals surface area contributed by atoms with Crippen LogP contribution in [0.15, 0.2) is 0 Å². The monoisotopic (exact) mass is 213 g/mol. The van der Waals surface area contributed by atoms with Crippen molar-refractivity contribution in [1.29, 1.82) is 0 Å². The molecule has 1 rings (SSSR count). The molecular formula is C11H23N3O. The van der Waals surface area contributed by atoms with Gasteiger partial charge in [0.2, 0.25) is 5.91 Å². The number of rotatable bonds is 6. The first-order chi connectivity index (χ1) is 7.11. The Kier molecular flexibility index (Phi) is 5.05. The second-order valence-corrected chi connectivity index (χ2v) is 4.57. The molecule has 0 aromatic heterocycles. The summed E-state index contributed by atoms with van der Waals surface area (Å²) in [6.07, 6.45) is 3.30. The molecule has 0 aromatic carbocycles. The zero-order valence-corrected chi connectivity index (χ0v) is 10.1. The van der Waals surface area contributed by atoms with E-state index in [1.807, 2.05) is 7.05 Å². The predicted molar refractivity (Wildman–Crippen MR) is 61.8 cm³/mol. The Bertz CT molecular complexity index is 206. The maximum atomic E-state index is 11.5. The molecular weight excluding hydrogens is 190 g/mol. The smallest absolute Gasteiger partial charge is 0.239 e. The van der Waals surface area contributed by atoms with Gasteiger partial charge in [-0.2, -0.15) is 0 Å². The Morgan fingerprint density at radius 2 is 2.20 bits per heavy atom.